The van der Waals surface area contributed by atoms with E-state index in [4.69, 9.17) is 23.2 Å². The fraction of sp³-hybridized carbons (Fsp3) is 0.214. The Labute approximate surface area is 135 Å². The van der Waals surface area contributed by atoms with Gasteiger partial charge in [0.15, 0.2) is 0 Å². The van der Waals surface area contributed by atoms with E-state index in [-0.39, 0.29) is 24.2 Å². The molecule has 1 aliphatic heterocycles. The number of amides is 2. The van der Waals surface area contributed by atoms with Gasteiger partial charge in [0.1, 0.15) is 4.34 Å². The van der Waals surface area contributed by atoms with Gasteiger partial charge in [0.25, 0.3) is 0 Å². The summed E-state index contributed by atoms with van der Waals surface area (Å²) >= 11 is 13.2. The lowest BCUT2D eigenvalue weighted by molar-refractivity contribution is -0.135. The Morgan fingerprint density at radius 2 is 2.10 bits per heavy atom. The fourth-order valence-electron chi connectivity index (χ4n) is 2.52. The van der Waals surface area contributed by atoms with E-state index in [0.717, 1.165) is 5.56 Å². The van der Waals surface area contributed by atoms with Gasteiger partial charge >= 0.3 is 0 Å². The SMILES string of the molecule is O=C1CC(c2ncc(Cl)s2)C(c2cccc(Cl)c2)C(=O)N1. The number of imide groups is 1. The first-order chi connectivity index (χ1) is 10.0. The average Bonchev–Trinajstić information content (AvgIpc) is 2.84. The lowest BCUT2D eigenvalue weighted by atomic mass is 9.81. The van der Waals surface area contributed by atoms with Gasteiger partial charge in [-0.25, -0.2) is 4.98 Å². The molecule has 4 nitrogen and oxygen atoms in total. The van der Waals surface area contributed by atoms with Crippen molar-refractivity contribution in [1.82, 2.24) is 10.3 Å². The van der Waals surface area contributed by atoms with Crippen LogP contribution in [0.1, 0.15) is 28.8 Å². The molecule has 21 heavy (non-hydrogen) atoms. The van der Waals surface area contributed by atoms with Crippen molar-refractivity contribution in [3.63, 3.8) is 0 Å². The van der Waals surface area contributed by atoms with Crippen LogP contribution in [0, 0.1) is 0 Å². The fourth-order valence-corrected chi connectivity index (χ4v) is 3.78. The van der Waals surface area contributed by atoms with Crippen LogP contribution in [0.2, 0.25) is 9.36 Å². The number of thiazole rings is 1. The van der Waals surface area contributed by atoms with E-state index in [1.807, 2.05) is 6.07 Å². The predicted molar refractivity (Wildman–Crippen MR) is 81.8 cm³/mol. The Morgan fingerprint density at radius 3 is 2.76 bits per heavy atom. The minimum Gasteiger partial charge on any atom is -0.296 e. The molecule has 0 spiro atoms. The van der Waals surface area contributed by atoms with Crippen LogP contribution >= 0.6 is 34.5 Å². The number of piperidine rings is 1. The third-order valence-corrected chi connectivity index (χ3v) is 4.85. The number of halogens is 2. The van der Waals surface area contributed by atoms with E-state index < -0.39 is 5.92 Å². The molecule has 1 aromatic heterocycles. The van der Waals surface area contributed by atoms with Gasteiger partial charge < -0.3 is 0 Å². The van der Waals surface area contributed by atoms with Crippen LogP contribution in [-0.2, 0) is 9.59 Å². The van der Waals surface area contributed by atoms with Crippen LogP contribution in [-0.4, -0.2) is 16.8 Å². The highest BCUT2D eigenvalue weighted by atomic mass is 35.5. The zero-order valence-corrected chi connectivity index (χ0v) is 13.0. The highest BCUT2D eigenvalue weighted by molar-refractivity contribution is 7.15. The van der Waals surface area contributed by atoms with Crippen LogP contribution in [0.25, 0.3) is 0 Å². The maximum atomic E-state index is 12.3. The number of carbonyl (C=O) groups excluding carboxylic acids is 2. The second kappa shape index (κ2) is 5.75. The maximum absolute atomic E-state index is 12.3. The quantitative estimate of drug-likeness (QED) is 0.852. The van der Waals surface area contributed by atoms with Crippen LogP contribution in [0.3, 0.4) is 0 Å². The summed E-state index contributed by atoms with van der Waals surface area (Å²) in [4.78, 5) is 28.2. The molecule has 2 amide bonds. The van der Waals surface area contributed by atoms with Crippen molar-refractivity contribution in [3.8, 4) is 0 Å². The Hall–Kier alpha value is -1.43. The van der Waals surface area contributed by atoms with E-state index in [9.17, 15) is 9.59 Å². The van der Waals surface area contributed by atoms with Crippen LogP contribution < -0.4 is 5.32 Å². The van der Waals surface area contributed by atoms with Crippen molar-refractivity contribution < 1.29 is 9.59 Å². The number of hydrogen-bond donors (Lipinski definition) is 1. The number of aromatic nitrogens is 1. The molecule has 108 valence electrons. The highest BCUT2D eigenvalue weighted by Gasteiger charge is 2.39. The molecule has 1 aromatic carbocycles. The summed E-state index contributed by atoms with van der Waals surface area (Å²) in [6.45, 7) is 0. The van der Waals surface area contributed by atoms with Crippen molar-refractivity contribution >= 4 is 46.4 Å². The summed E-state index contributed by atoms with van der Waals surface area (Å²) in [7, 11) is 0. The van der Waals surface area contributed by atoms with Crippen LogP contribution in [0.4, 0.5) is 0 Å². The molecule has 2 unspecified atom stereocenters. The summed E-state index contributed by atoms with van der Waals surface area (Å²) < 4.78 is 0.535. The van der Waals surface area contributed by atoms with E-state index >= 15 is 0 Å². The van der Waals surface area contributed by atoms with Crippen molar-refractivity contribution in [2.75, 3.05) is 0 Å². The van der Waals surface area contributed by atoms with Crippen LogP contribution in [0.5, 0.6) is 0 Å². The molecule has 2 atom stereocenters. The summed E-state index contributed by atoms with van der Waals surface area (Å²) in [6.07, 6.45) is 1.74. The van der Waals surface area contributed by atoms with Gasteiger partial charge in [-0.1, -0.05) is 35.3 Å². The second-order valence-corrected chi connectivity index (χ2v) is 6.89. The summed E-state index contributed by atoms with van der Waals surface area (Å²) in [5.74, 6) is -1.44. The minimum atomic E-state index is -0.497. The number of benzene rings is 1. The molecule has 0 bridgehead atoms. The van der Waals surface area contributed by atoms with Gasteiger partial charge in [0, 0.05) is 17.4 Å². The Kier molecular flexibility index (Phi) is 3.97. The molecule has 2 aromatic rings. The normalized spacial score (nSPS) is 22.2. The first kappa shape index (κ1) is 14.5. The van der Waals surface area contributed by atoms with Crippen LogP contribution in [0.15, 0.2) is 30.5 Å². The Morgan fingerprint density at radius 1 is 1.29 bits per heavy atom. The molecule has 1 saturated heterocycles. The molecule has 0 radical (unpaired) electrons. The van der Waals surface area contributed by atoms with Gasteiger partial charge in [0.2, 0.25) is 11.8 Å². The van der Waals surface area contributed by atoms with Gasteiger partial charge in [-0.3, -0.25) is 14.9 Å². The molecule has 3 rings (SSSR count). The molecular weight excluding hydrogens is 331 g/mol. The van der Waals surface area contributed by atoms with E-state index in [1.165, 1.54) is 17.5 Å². The Bertz CT molecular complexity index is 717. The zero-order chi connectivity index (χ0) is 15.0. The zero-order valence-electron chi connectivity index (χ0n) is 10.7. The average molecular weight is 341 g/mol. The van der Waals surface area contributed by atoms with Crippen molar-refractivity contribution in [2.24, 2.45) is 0 Å². The minimum absolute atomic E-state index is 0.201. The lowest BCUT2D eigenvalue weighted by Gasteiger charge is -2.29. The third-order valence-electron chi connectivity index (χ3n) is 3.37. The first-order valence-electron chi connectivity index (χ1n) is 6.25. The van der Waals surface area contributed by atoms with Crippen molar-refractivity contribution in [2.45, 2.75) is 18.3 Å². The maximum Gasteiger partial charge on any atom is 0.234 e. The standard InChI is InChI=1S/C14H10Cl2N2O2S/c15-8-3-1-2-7(4-8)12-9(5-11(19)18-13(12)20)14-17-6-10(16)21-14/h1-4,6,9,12H,5H2,(H,18,19,20). The van der Waals surface area contributed by atoms with Gasteiger partial charge in [0.05, 0.1) is 17.1 Å². The number of rotatable bonds is 2. The molecule has 1 N–H and O–H groups in total. The topological polar surface area (TPSA) is 59.1 Å². The monoisotopic (exact) mass is 340 g/mol. The van der Waals surface area contributed by atoms with E-state index in [0.29, 0.717) is 14.4 Å². The van der Waals surface area contributed by atoms with Gasteiger partial charge in [-0.2, -0.15) is 0 Å². The van der Waals surface area contributed by atoms with Crippen molar-refractivity contribution in [3.05, 3.63) is 50.4 Å². The summed E-state index contributed by atoms with van der Waals surface area (Å²) in [6, 6.07) is 7.09. The number of hydrogen-bond acceptors (Lipinski definition) is 4. The molecule has 1 aliphatic rings. The van der Waals surface area contributed by atoms with E-state index in [2.05, 4.69) is 10.3 Å². The molecule has 0 aliphatic carbocycles. The van der Waals surface area contributed by atoms with Gasteiger partial charge in [-0.05, 0) is 17.7 Å². The third kappa shape index (κ3) is 2.95. The highest BCUT2D eigenvalue weighted by Crippen LogP contribution is 2.41. The predicted octanol–water partition coefficient (Wildman–Crippen LogP) is 3.36. The number of nitrogens with one attached hydrogen (secondary N) is 1. The number of carbonyl (C=O) groups is 2. The molecule has 2 heterocycles. The Balaban J connectivity index is 2.04. The van der Waals surface area contributed by atoms with E-state index in [1.54, 1.807) is 18.2 Å². The van der Waals surface area contributed by atoms with Crippen molar-refractivity contribution in [1.29, 1.82) is 0 Å². The smallest absolute Gasteiger partial charge is 0.234 e. The summed E-state index contributed by atoms with van der Waals surface area (Å²) in [5.41, 5.74) is 0.767. The molecule has 1 fully saturated rings. The molecular formula is C14H10Cl2N2O2S. The lowest BCUT2D eigenvalue weighted by Crippen LogP contribution is -2.43. The molecule has 0 saturated carbocycles. The van der Waals surface area contributed by atoms with Gasteiger partial charge in [-0.15, -0.1) is 11.3 Å². The second-order valence-electron chi connectivity index (χ2n) is 4.76. The summed E-state index contributed by atoms with van der Waals surface area (Å²) in [5, 5.41) is 3.61. The first-order valence-corrected chi connectivity index (χ1v) is 7.82. The molecule has 7 heteroatoms. The number of nitrogens with zero attached hydrogens (tertiary/aromatic N) is 1. The largest absolute Gasteiger partial charge is 0.296 e.